The van der Waals surface area contributed by atoms with Gasteiger partial charge in [-0.25, -0.2) is 17.5 Å². The van der Waals surface area contributed by atoms with Gasteiger partial charge in [-0.15, -0.1) is 0 Å². The molecule has 0 aromatic heterocycles. The Labute approximate surface area is 136 Å². The number of aliphatic hydroxyl groups excluding tert-OH is 1. The van der Waals surface area contributed by atoms with Crippen LogP contribution in [-0.2, 0) is 14.8 Å². The number of rotatable bonds is 2. The molecule has 1 heterocycles. The highest BCUT2D eigenvalue weighted by Gasteiger charge is 2.41. The van der Waals surface area contributed by atoms with E-state index in [2.05, 4.69) is 0 Å². The van der Waals surface area contributed by atoms with Gasteiger partial charge in [-0.1, -0.05) is 35.9 Å². The van der Waals surface area contributed by atoms with E-state index in [1.54, 1.807) is 6.07 Å². The van der Waals surface area contributed by atoms with Gasteiger partial charge in [0, 0.05) is 5.56 Å². The molecular formula is C15H10ClNO5S. The normalized spacial score (nSPS) is 16.1. The number of anilines is 1. The molecule has 0 spiro atoms. The van der Waals surface area contributed by atoms with E-state index in [0.29, 0.717) is 4.31 Å². The molecule has 1 aliphatic rings. The number of halogens is 1. The second-order valence-corrected chi connectivity index (χ2v) is 6.88. The highest BCUT2D eigenvalue weighted by molar-refractivity contribution is 7.93. The molecule has 0 aliphatic carbocycles. The minimum absolute atomic E-state index is 0.0435. The molecule has 0 unspecified atom stereocenters. The van der Waals surface area contributed by atoms with E-state index in [1.165, 1.54) is 42.5 Å². The Morgan fingerprint density at radius 1 is 1.04 bits per heavy atom. The molecule has 0 atom stereocenters. The molecule has 3 rings (SSSR count). The van der Waals surface area contributed by atoms with Crippen molar-refractivity contribution in [1.82, 2.24) is 0 Å². The maximum absolute atomic E-state index is 12.9. The molecule has 2 aromatic carbocycles. The van der Waals surface area contributed by atoms with Crippen molar-refractivity contribution in [2.45, 2.75) is 4.90 Å². The van der Waals surface area contributed by atoms with E-state index >= 15 is 0 Å². The summed E-state index contributed by atoms with van der Waals surface area (Å²) < 4.78 is 26.3. The first kappa shape index (κ1) is 15.4. The lowest BCUT2D eigenvalue weighted by molar-refractivity contribution is -0.132. The Bertz CT molecular complexity index is 952. The van der Waals surface area contributed by atoms with Crippen LogP contribution in [-0.4, -0.2) is 24.6 Å². The highest BCUT2D eigenvalue weighted by Crippen LogP contribution is 2.41. The van der Waals surface area contributed by atoms with Crippen LogP contribution in [0.3, 0.4) is 0 Å². The Hall–Kier alpha value is -2.51. The van der Waals surface area contributed by atoms with Crippen LogP contribution in [0, 0.1) is 0 Å². The summed E-state index contributed by atoms with van der Waals surface area (Å²) in [6, 6.07) is 11.5. The van der Waals surface area contributed by atoms with Gasteiger partial charge in [0.2, 0.25) is 0 Å². The molecule has 1 aliphatic heterocycles. The monoisotopic (exact) mass is 351 g/mol. The molecule has 2 N–H and O–H groups in total. The van der Waals surface area contributed by atoms with Crippen molar-refractivity contribution in [3.8, 4) is 0 Å². The van der Waals surface area contributed by atoms with Crippen LogP contribution in [0.4, 0.5) is 5.69 Å². The van der Waals surface area contributed by atoms with Gasteiger partial charge in [0.05, 0.1) is 15.6 Å². The molecule has 0 bridgehead atoms. The number of aliphatic carboxylic acids is 1. The lowest BCUT2D eigenvalue weighted by Crippen LogP contribution is -2.38. The summed E-state index contributed by atoms with van der Waals surface area (Å²) in [4.78, 5) is 11.4. The molecule has 8 heteroatoms. The van der Waals surface area contributed by atoms with Gasteiger partial charge in [0.15, 0.2) is 11.5 Å². The SMILES string of the molecule is O=C(O)C1=C(O)c2ccccc2S(=O)(=O)N1c1ccccc1Cl. The number of hydrogen-bond acceptors (Lipinski definition) is 4. The summed E-state index contributed by atoms with van der Waals surface area (Å²) in [5, 5.41) is 19.8. The number of carboxylic acids is 1. The van der Waals surface area contributed by atoms with Gasteiger partial charge in [0.25, 0.3) is 10.0 Å². The zero-order valence-electron chi connectivity index (χ0n) is 11.5. The van der Waals surface area contributed by atoms with Crippen LogP contribution in [0.15, 0.2) is 59.1 Å². The van der Waals surface area contributed by atoms with Crippen LogP contribution in [0.25, 0.3) is 5.76 Å². The number of carboxylic acid groups (broad SMARTS) is 1. The van der Waals surface area contributed by atoms with Crippen molar-refractivity contribution in [3.63, 3.8) is 0 Å². The first-order chi connectivity index (χ1) is 10.9. The third-order valence-electron chi connectivity index (χ3n) is 3.36. The lowest BCUT2D eigenvalue weighted by atomic mass is 10.1. The van der Waals surface area contributed by atoms with E-state index in [4.69, 9.17) is 11.6 Å². The Balaban J connectivity index is 2.42. The smallest absolute Gasteiger partial charge is 0.357 e. The molecule has 118 valence electrons. The van der Waals surface area contributed by atoms with E-state index in [9.17, 15) is 23.4 Å². The van der Waals surface area contributed by atoms with E-state index in [-0.39, 0.29) is 21.2 Å². The summed E-state index contributed by atoms with van der Waals surface area (Å²) in [7, 11) is -4.24. The first-order valence-corrected chi connectivity index (χ1v) is 8.23. The topological polar surface area (TPSA) is 94.9 Å². The fraction of sp³-hybridized carbons (Fsp3) is 0. The molecule has 0 fully saturated rings. The highest BCUT2D eigenvalue weighted by atomic mass is 35.5. The van der Waals surface area contributed by atoms with Gasteiger partial charge in [-0.2, -0.15) is 0 Å². The van der Waals surface area contributed by atoms with Crippen LogP contribution in [0.1, 0.15) is 5.56 Å². The van der Waals surface area contributed by atoms with Gasteiger partial charge in [-0.3, -0.25) is 0 Å². The van der Waals surface area contributed by atoms with Crippen molar-refractivity contribution < 1.29 is 23.4 Å². The van der Waals surface area contributed by atoms with Crippen LogP contribution < -0.4 is 4.31 Å². The minimum Gasteiger partial charge on any atom is -0.505 e. The quantitative estimate of drug-likeness (QED) is 0.867. The largest absolute Gasteiger partial charge is 0.505 e. The molecule has 6 nitrogen and oxygen atoms in total. The van der Waals surface area contributed by atoms with Gasteiger partial charge in [-0.05, 0) is 24.3 Å². The molecule has 0 saturated heterocycles. The number of para-hydroxylation sites is 1. The van der Waals surface area contributed by atoms with E-state index in [1.807, 2.05) is 0 Å². The van der Waals surface area contributed by atoms with Crippen molar-refractivity contribution in [1.29, 1.82) is 0 Å². The summed E-state index contributed by atoms with van der Waals surface area (Å²) in [6.07, 6.45) is 0. The van der Waals surface area contributed by atoms with Crippen molar-refractivity contribution >= 4 is 39.0 Å². The maximum atomic E-state index is 12.9. The summed E-state index contributed by atoms with van der Waals surface area (Å²) >= 11 is 6.03. The zero-order chi connectivity index (χ0) is 16.8. The van der Waals surface area contributed by atoms with E-state index in [0.717, 1.165) is 0 Å². The number of carbonyl (C=O) groups is 1. The summed E-state index contributed by atoms with van der Waals surface area (Å²) in [5.41, 5.74) is -0.877. The second kappa shape index (κ2) is 5.29. The van der Waals surface area contributed by atoms with E-state index < -0.39 is 27.4 Å². The number of nitrogens with zero attached hydrogens (tertiary/aromatic N) is 1. The average molecular weight is 352 g/mol. The first-order valence-electron chi connectivity index (χ1n) is 6.41. The number of fused-ring (bicyclic) bond motifs is 1. The predicted molar refractivity (Wildman–Crippen MR) is 84.7 cm³/mol. The lowest BCUT2D eigenvalue weighted by Gasteiger charge is -2.30. The minimum atomic E-state index is -4.24. The van der Waals surface area contributed by atoms with Crippen LogP contribution in [0.2, 0.25) is 5.02 Å². The maximum Gasteiger partial charge on any atom is 0.357 e. The number of benzene rings is 2. The van der Waals surface area contributed by atoms with Gasteiger partial charge in [0.1, 0.15) is 0 Å². The van der Waals surface area contributed by atoms with Gasteiger partial charge >= 0.3 is 5.97 Å². The molecule has 2 aromatic rings. The molecule has 0 saturated carbocycles. The Morgan fingerprint density at radius 3 is 2.30 bits per heavy atom. The summed E-state index contributed by atoms with van der Waals surface area (Å²) in [6.45, 7) is 0. The predicted octanol–water partition coefficient (Wildman–Crippen LogP) is 2.86. The number of aliphatic hydroxyl groups is 1. The average Bonchev–Trinajstić information content (AvgIpc) is 2.51. The van der Waals surface area contributed by atoms with Crippen molar-refractivity contribution in [2.75, 3.05) is 4.31 Å². The third kappa shape index (κ3) is 2.25. The fourth-order valence-corrected chi connectivity index (χ4v) is 4.37. The molecule has 0 radical (unpaired) electrons. The Morgan fingerprint density at radius 2 is 1.65 bits per heavy atom. The van der Waals surface area contributed by atoms with Crippen molar-refractivity contribution in [3.05, 3.63) is 64.8 Å². The van der Waals surface area contributed by atoms with Crippen molar-refractivity contribution in [2.24, 2.45) is 0 Å². The van der Waals surface area contributed by atoms with Gasteiger partial charge < -0.3 is 10.2 Å². The molecule has 23 heavy (non-hydrogen) atoms. The third-order valence-corrected chi connectivity index (χ3v) is 5.45. The molecular weight excluding hydrogens is 342 g/mol. The number of sulfonamides is 1. The zero-order valence-corrected chi connectivity index (χ0v) is 13.0. The standard InChI is InChI=1S/C15H10ClNO5S/c16-10-6-2-3-7-11(10)17-13(15(19)20)14(18)9-5-1-4-8-12(9)23(17,21)22/h1-8,18H,(H,19,20). The number of hydrogen-bond donors (Lipinski definition) is 2. The molecule has 0 amide bonds. The second-order valence-electron chi connectivity index (χ2n) is 4.72. The van der Waals surface area contributed by atoms with Crippen LogP contribution >= 0.6 is 11.6 Å². The fourth-order valence-electron chi connectivity index (χ4n) is 2.38. The summed E-state index contributed by atoms with van der Waals surface area (Å²) in [5.74, 6) is -2.22. The van der Waals surface area contributed by atoms with Crippen LogP contribution in [0.5, 0.6) is 0 Å². The Kier molecular flexibility index (Phi) is 3.54.